The van der Waals surface area contributed by atoms with Crippen molar-refractivity contribution in [3.05, 3.63) is 23.9 Å². The highest BCUT2D eigenvalue weighted by atomic mass is 16.5. The summed E-state index contributed by atoms with van der Waals surface area (Å²) in [6, 6.07) is 3.68. The molecule has 0 spiro atoms. The number of carbonyl (C=O) groups is 1. The van der Waals surface area contributed by atoms with Crippen molar-refractivity contribution in [1.82, 2.24) is 4.98 Å². The van der Waals surface area contributed by atoms with Crippen molar-refractivity contribution >= 4 is 5.97 Å². The van der Waals surface area contributed by atoms with Crippen LogP contribution in [0.3, 0.4) is 0 Å². The van der Waals surface area contributed by atoms with E-state index in [0.717, 1.165) is 5.56 Å². The summed E-state index contributed by atoms with van der Waals surface area (Å²) in [6.45, 7) is 1.83. The van der Waals surface area contributed by atoms with Gasteiger partial charge in [0.2, 0.25) is 5.88 Å². The third-order valence-electron chi connectivity index (χ3n) is 2.15. The standard InChI is InChI=1S/C11H15NO3/c1-8(11(13)15-3)6-9-4-5-12-10(7-9)14-2/h4-5,7-8H,6H2,1-3H3/t8-/m0/s1. The lowest BCUT2D eigenvalue weighted by molar-refractivity contribution is -0.144. The zero-order valence-corrected chi connectivity index (χ0v) is 9.19. The minimum Gasteiger partial charge on any atom is -0.481 e. The molecule has 0 unspecified atom stereocenters. The lowest BCUT2D eigenvalue weighted by atomic mass is 10.0. The Morgan fingerprint density at radius 3 is 2.87 bits per heavy atom. The summed E-state index contributed by atoms with van der Waals surface area (Å²) in [5, 5.41) is 0. The Kier molecular flexibility index (Phi) is 4.09. The molecule has 0 aliphatic heterocycles. The molecule has 1 aromatic rings. The highest BCUT2D eigenvalue weighted by Gasteiger charge is 2.13. The molecule has 0 aliphatic rings. The molecule has 15 heavy (non-hydrogen) atoms. The molecule has 4 nitrogen and oxygen atoms in total. The Morgan fingerprint density at radius 1 is 1.53 bits per heavy atom. The molecule has 0 saturated heterocycles. The summed E-state index contributed by atoms with van der Waals surface area (Å²) in [5.74, 6) is 0.206. The van der Waals surface area contributed by atoms with E-state index in [9.17, 15) is 4.79 Å². The largest absolute Gasteiger partial charge is 0.481 e. The van der Waals surface area contributed by atoms with Gasteiger partial charge in [-0.3, -0.25) is 4.79 Å². The van der Waals surface area contributed by atoms with Gasteiger partial charge in [-0.15, -0.1) is 0 Å². The van der Waals surface area contributed by atoms with E-state index in [4.69, 9.17) is 4.74 Å². The Hall–Kier alpha value is -1.58. The smallest absolute Gasteiger partial charge is 0.308 e. The second-order valence-electron chi connectivity index (χ2n) is 3.33. The van der Waals surface area contributed by atoms with Gasteiger partial charge < -0.3 is 9.47 Å². The van der Waals surface area contributed by atoms with Crippen molar-refractivity contribution in [3.63, 3.8) is 0 Å². The first kappa shape index (κ1) is 11.5. The van der Waals surface area contributed by atoms with Gasteiger partial charge in [-0.05, 0) is 18.1 Å². The maximum absolute atomic E-state index is 11.2. The number of aromatic nitrogens is 1. The predicted molar refractivity (Wildman–Crippen MR) is 55.7 cm³/mol. The van der Waals surface area contributed by atoms with Gasteiger partial charge in [-0.2, -0.15) is 0 Å². The zero-order chi connectivity index (χ0) is 11.3. The number of rotatable bonds is 4. The number of esters is 1. The van der Waals surface area contributed by atoms with Crippen molar-refractivity contribution < 1.29 is 14.3 Å². The predicted octanol–water partition coefficient (Wildman–Crippen LogP) is 1.44. The molecule has 0 fully saturated rings. The van der Waals surface area contributed by atoms with E-state index in [0.29, 0.717) is 12.3 Å². The van der Waals surface area contributed by atoms with Crippen LogP contribution in [0.25, 0.3) is 0 Å². The van der Waals surface area contributed by atoms with Crippen molar-refractivity contribution in [3.8, 4) is 5.88 Å². The fraction of sp³-hybridized carbons (Fsp3) is 0.455. The van der Waals surface area contributed by atoms with E-state index in [-0.39, 0.29) is 11.9 Å². The van der Waals surface area contributed by atoms with E-state index in [1.165, 1.54) is 7.11 Å². The molecule has 1 heterocycles. The molecule has 82 valence electrons. The van der Waals surface area contributed by atoms with E-state index >= 15 is 0 Å². The van der Waals surface area contributed by atoms with Crippen molar-refractivity contribution in [1.29, 1.82) is 0 Å². The maximum Gasteiger partial charge on any atom is 0.308 e. The highest BCUT2D eigenvalue weighted by Crippen LogP contribution is 2.13. The van der Waals surface area contributed by atoms with Gasteiger partial charge in [-0.25, -0.2) is 4.98 Å². The zero-order valence-electron chi connectivity index (χ0n) is 9.19. The Balaban J connectivity index is 2.67. The topological polar surface area (TPSA) is 48.4 Å². The summed E-state index contributed by atoms with van der Waals surface area (Å²) in [7, 11) is 2.96. The average Bonchev–Trinajstić information content (AvgIpc) is 2.28. The Bertz CT molecular complexity index is 338. The van der Waals surface area contributed by atoms with Crippen LogP contribution in [0.4, 0.5) is 0 Å². The van der Waals surface area contributed by atoms with E-state index in [2.05, 4.69) is 9.72 Å². The van der Waals surface area contributed by atoms with Crippen LogP contribution < -0.4 is 4.74 Å². The third-order valence-corrected chi connectivity index (χ3v) is 2.15. The average molecular weight is 209 g/mol. The fourth-order valence-corrected chi connectivity index (χ4v) is 1.33. The van der Waals surface area contributed by atoms with Crippen LogP contribution in [0.5, 0.6) is 5.88 Å². The lowest BCUT2D eigenvalue weighted by Crippen LogP contribution is -2.15. The summed E-state index contributed by atoms with van der Waals surface area (Å²) >= 11 is 0. The molecule has 0 aliphatic carbocycles. The van der Waals surface area contributed by atoms with Gasteiger partial charge in [0.15, 0.2) is 0 Å². The molecule has 0 bridgehead atoms. The molecule has 4 heteroatoms. The second kappa shape index (κ2) is 5.34. The monoisotopic (exact) mass is 209 g/mol. The summed E-state index contributed by atoms with van der Waals surface area (Å²) in [5.41, 5.74) is 1.01. The van der Waals surface area contributed by atoms with Crippen LogP contribution in [0, 0.1) is 5.92 Å². The van der Waals surface area contributed by atoms with Crippen LogP contribution in [0.15, 0.2) is 18.3 Å². The van der Waals surface area contributed by atoms with Crippen LogP contribution in [-0.2, 0) is 16.0 Å². The molecule has 1 atom stereocenters. The van der Waals surface area contributed by atoms with Crippen molar-refractivity contribution in [2.75, 3.05) is 14.2 Å². The number of methoxy groups -OCH3 is 2. The van der Waals surface area contributed by atoms with E-state index in [1.54, 1.807) is 13.3 Å². The Morgan fingerprint density at radius 2 is 2.27 bits per heavy atom. The Labute approximate surface area is 89.2 Å². The minimum absolute atomic E-state index is 0.151. The summed E-state index contributed by atoms with van der Waals surface area (Å²) in [4.78, 5) is 15.2. The fourth-order valence-electron chi connectivity index (χ4n) is 1.33. The number of carbonyl (C=O) groups excluding carboxylic acids is 1. The number of ether oxygens (including phenoxy) is 2. The van der Waals surface area contributed by atoms with Crippen LogP contribution >= 0.6 is 0 Å². The van der Waals surface area contributed by atoms with Gasteiger partial charge in [0.25, 0.3) is 0 Å². The minimum atomic E-state index is -0.203. The molecule has 0 saturated carbocycles. The first-order valence-electron chi connectivity index (χ1n) is 4.74. The van der Waals surface area contributed by atoms with Gasteiger partial charge >= 0.3 is 5.97 Å². The first-order chi connectivity index (χ1) is 7.17. The van der Waals surface area contributed by atoms with Crippen LogP contribution in [0.1, 0.15) is 12.5 Å². The highest BCUT2D eigenvalue weighted by molar-refractivity contribution is 5.72. The van der Waals surface area contributed by atoms with Crippen LogP contribution in [0.2, 0.25) is 0 Å². The third kappa shape index (κ3) is 3.23. The van der Waals surface area contributed by atoms with E-state index < -0.39 is 0 Å². The molecule has 1 aromatic heterocycles. The molecule has 0 radical (unpaired) electrons. The van der Waals surface area contributed by atoms with Gasteiger partial charge in [0.1, 0.15) is 0 Å². The quantitative estimate of drug-likeness (QED) is 0.704. The van der Waals surface area contributed by atoms with Crippen molar-refractivity contribution in [2.24, 2.45) is 5.92 Å². The van der Waals surface area contributed by atoms with E-state index in [1.807, 2.05) is 19.1 Å². The van der Waals surface area contributed by atoms with Gasteiger partial charge in [-0.1, -0.05) is 6.92 Å². The van der Waals surface area contributed by atoms with Crippen molar-refractivity contribution in [2.45, 2.75) is 13.3 Å². The lowest BCUT2D eigenvalue weighted by Gasteiger charge is -2.09. The maximum atomic E-state index is 11.2. The second-order valence-corrected chi connectivity index (χ2v) is 3.33. The van der Waals surface area contributed by atoms with Gasteiger partial charge in [0.05, 0.1) is 20.1 Å². The molecule has 0 N–H and O–H groups in total. The normalized spacial score (nSPS) is 11.9. The summed E-state index contributed by atoms with van der Waals surface area (Å²) < 4.78 is 9.65. The molecule has 0 aromatic carbocycles. The number of pyridine rings is 1. The summed E-state index contributed by atoms with van der Waals surface area (Å²) in [6.07, 6.45) is 2.30. The van der Waals surface area contributed by atoms with Crippen LogP contribution in [-0.4, -0.2) is 25.2 Å². The molecular formula is C11H15NO3. The first-order valence-corrected chi connectivity index (χ1v) is 4.74. The number of hydrogen-bond acceptors (Lipinski definition) is 4. The SMILES string of the molecule is COC(=O)[C@@H](C)Cc1ccnc(OC)c1. The number of nitrogens with zero attached hydrogens (tertiary/aromatic N) is 1. The molecule has 1 rings (SSSR count). The molecule has 0 amide bonds. The number of hydrogen-bond donors (Lipinski definition) is 0. The molecular weight excluding hydrogens is 194 g/mol. The van der Waals surface area contributed by atoms with Gasteiger partial charge in [0, 0.05) is 12.3 Å².